The van der Waals surface area contributed by atoms with Gasteiger partial charge in [-0.1, -0.05) is 30.3 Å². The molecule has 1 aliphatic carbocycles. The fourth-order valence-corrected chi connectivity index (χ4v) is 4.66. The van der Waals surface area contributed by atoms with Gasteiger partial charge in [0.25, 0.3) is 15.9 Å². The molecule has 4 rings (SSSR count). The predicted molar refractivity (Wildman–Crippen MR) is 122 cm³/mol. The third kappa shape index (κ3) is 4.80. The minimum atomic E-state index is -4.14. The molecule has 1 aliphatic rings. The second kappa shape index (κ2) is 8.55. The van der Waals surface area contributed by atoms with Gasteiger partial charge in [0.05, 0.1) is 9.82 Å². The summed E-state index contributed by atoms with van der Waals surface area (Å²) in [5.41, 5.74) is 1.02. The lowest BCUT2D eigenvalue weighted by molar-refractivity contribution is -0.386. The van der Waals surface area contributed by atoms with E-state index in [4.69, 9.17) is 0 Å². The van der Waals surface area contributed by atoms with Crippen LogP contribution in [0.1, 0.15) is 28.8 Å². The average molecular weight is 468 g/mol. The molecule has 9 nitrogen and oxygen atoms in total. The summed E-state index contributed by atoms with van der Waals surface area (Å²) >= 11 is 0. The molecule has 0 radical (unpaired) electrons. The maximum atomic E-state index is 12.6. The lowest BCUT2D eigenvalue weighted by atomic mass is 9.96. The lowest BCUT2D eigenvalue weighted by Crippen LogP contribution is -2.32. The van der Waals surface area contributed by atoms with Crippen LogP contribution < -0.4 is 10.0 Å². The quantitative estimate of drug-likeness (QED) is 0.342. The number of amides is 1. The molecule has 33 heavy (non-hydrogen) atoms. The number of carbonyl (C=O) groups is 1. The number of phenolic OH excluding ortho intramolecular Hbond substituents is 1. The number of nitro groups is 1. The molecule has 0 unspecified atom stereocenters. The van der Waals surface area contributed by atoms with Crippen LogP contribution in [0, 0.1) is 10.1 Å². The number of hydrogen-bond donors (Lipinski definition) is 3. The Morgan fingerprint density at radius 1 is 1.03 bits per heavy atom. The molecule has 3 N–H and O–H groups in total. The van der Waals surface area contributed by atoms with Crippen molar-refractivity contribution in [2.45, 2.75) is 23.2 Å². The first-order valence-corrected chi connectivity index (χ1v) is 11.6. The highest BCUT2D eigenvalue weighted by atomic mass is 32.2. The van der Waals surface area contributed by atoms with Gasteiger partial charge >= 0.3 is 5.69 Å². The van der Waals surface area contributed by atoms with Gasteiger partial charge in [0.15, 0.2) is 5.75 Å². The van der Waals surface area contributed by atoms with Gasteiger partial charge in [-0.3, -0.25) is 19.6 Å². The Morgan fingerprint density at radius 2 is 1.70 bits per heavy atom. The third-order valence-corrected chi connectivity index (χ3v) is 7.06. The molecular formula is C23H21N3O6S. The van der Waals surface area contributed by atoms with E-state index in [0.29, 0.717) is 12.1 Å². The summed E-state index contributed by atoms with van der Waals surface area (Å²) in [6, 6.07) is 18.7. The van der Waals surface area contributed by atoms with Crippen molar-refractivity contribution in [2.24, 2.45) is 0 Å². The van der Waals surface area contributed by atoms with Gasteiger partial charge in [-0.15, -0.1) is 0 Å². The number of phenols is 1. The van der Waals surface area contributed by atoms with Gasteiger partial charge in [0.1, 0.15) is 0 Å². The van der Waals surface area contributed by atoms with E-state index in [0.717, 1.165) is 31.0 Å². The number of rotatable bonds is 8. The van der Waals surface area contributed by atoms with Crippen LogP contribution in [0.5, 0.6) is 5.75 Å². The van der Waals surface area contributed by atoms with Crippen molar-refractivity contribution in [3.63, 3.8) is 0 Å². The Balaban J connectivity index is 1.41. The monoisotopic (exact) mass is 467 g/mol. The van der Waals surface area contributed by atoms with Gasteiger partial charge in [-0.05, 0) is 54.8 Å². The Morgan fingerprint density at radius 3 is 2.30 bits per heavy atom. The van der Waals surface area contributed by atoms with Crippen LogP contribution in [0.2, 0.25) is 0 Å². The van der Waals surface area contributed by atoms with Crippen molar-refractivity contribution in [2.75, 3.05) is 11.3 Å². The summed E-state index contributed by atoms with van der Waals surface area (Å²) in [7, 11) is -4.14. The molecule has 0 bridgehead atoms. The second-order valence-corrected chi connectivity index (χ2v) is 9.60. The van der Waals surface area contributed by atoms with Crippen LogP contribution in [0.25, 0.3) is 0 Å². The first-order chi connectivity index (χ1) is 15.7. The van der Waals surface area contributed by atoms with E-state index in [1.54, 1.807) is 0 Å². The van der Waals surface area contributed by atoms with E-state index < -0.39 is 26.4 Å². The largest absolute Gasteiger partial charge is 0.502 e. The van der Waals surface area contributed by atoms with Crippen LogP contribution in [-0.4, -0.2) is 30.9 Å². The standard InChI is InChI=1S/C23H21N3O6S/c27-21-11-10-19(14-20(21)26(29)30)33(31,32)25-18-8-6-16(7-9-18)22(28)24-15-23(12-13-23)17-4-2-1-3-5-17/h1-11,14,25,27H,12-13,15H2,(H,24,28). The van der Waals surface area contributed by atoms with Crippen LogP contribution in [0.15, 0.2) is 77.7 Å². The van der Waals surface area contributed by atoms with E-state index >= 15 is 0 Å². The Kier molecular flexibility index (Phi) is 5.77. The number of anilines is 1. The predicted octanol–water partition coefficient (Wildman–Crippen LogP) is 3.56. The summed E-state index contributed by atoms with van der Waals surface area (Å²) in [6.07, 6.45) is 2.01. The summed E-state index contributed by atoms with van der Waals surface area (Å²) < 4.78 is 27.4. The van der Waals surface area contributed by atoms with Gasteiger partial charge in [-0.2, -0.15) is 0 Å². The minimum absolute atomic E-state index is 0.0285. The molecule has 10 heteroatoms. The molecule has 0 aliphatic heterocycles. The van der Waals surface area contributed by atoms with Crippen molar-refractivity contribution < 1.29 is 23.2 Å². The fourth-order valence-electron chi connectivity index (χ4n) is 3.58. The van der Waals surface area contributed by atoms with Crippen LogP contribution in [0.3, 0.4) is 0 Å². The molecule has 0 heterocycles. The fraction of sp³-hybridized carbons (Fsp3) is 0.174. The molecule has 170 valence electrons. The van der Waals surface area contributed by atoms with Crippen molar-refractivity contribution in [3.8, 4) is 5.75 Å². The van der Waals surface area contributed by atoms with E-state index in [1.807, 2.05) is 18.2 Å². The molecule has 1 fully saturated rings. The number of aromatic hydroxyl groups is 1. The van der Waals surface area contributed by atoms with Crippen LogP contribution in [-0.2, 0) is 15.4 Å². The topological polar surface area (TPSA) is 139 Å². The normalized spacial score (nSPS) is 14.3. The highest BCUT2D eigenvalue weighted by Crippen LogP contribution is 2.47. The molecular weight excluding hydrogens is 446 g/mol. The number of hydrogen-bond acceptors (Lipinski definition) is 6. The summed E-state index contributed by atoms with van der Waals surface area (Å²) in [6.45, 7) is 0.518. The number of nitrogens with zero attached hydrogens (tertiary/aromatic N) is 1. The number of nitro benzene ring substituents is 1. The molecule has 0 saturated heterocycles. The van der Waals surface area contributed by atoms with Gasteiger partial charge in [0.2, 0.25) is 0 Å². The van der Waals surface area contributed by atoms with Gasteiger partial charge in [0, 0.05) is 29.3 Å². The minimum Gasteiger partial charge on any atom is -0.502 e. The zero-order valence-electron chi connectivity index (χ0n) is 17.4. The van der Waals surface area contributed by atoms with Gasteiger partial charge in [-0.25, -0.2) is 8.42 Å². The van der Waals surface area contributed by atoms with Gasteiger partial charge < -0.3 is 10.4 Å². The number of benzene rings is 3. The molecule has 0 atom stereocenters. The molecule has 0 spiro atoms. The average Bonchev–Trinajstić information content (AvgIpc) is 3.59. The van der Waals surface area contributed by atoms with Crippen LogP contribution >= 0.6 is 0 Å². The van der Waals surface area contributed by atoms with E-state index in [-0.39, 0.29) is 21.9 Å². The number of carbonyl (C=O) groups excluding carboxylic acids is 1. The lowest BCUT2D eigenvalue weighted by Gasteiger charge is -2.16. The number of sulfonamides is 1. The molecule has 0 aromatic heterocycles. The van der Waals surface area contributed by atoms with Crippen molar-refractivity contribution >= 4 is 27.3 Å². The zero-order valence-corrected chi connectivity index (χ0v) is 18.2. The van der Waals surface area contributed by atoms with Crippen LogP contribution in [0.4, 0.5) is 11.4 Å². The smallest absolute Gasteiger partial charge is 0.312 e. The Labute approximate surface area is 190 Å². The first-order valence-electron chi connectivity index (χ1n) is 10.1. The first kappa shape index (κ1) is 22.3. The van der Waals surface area contributed by atoms with E-state index in [1.165, 1.54) is 29.8 Å². The van der Waals surface area contributed by atoms with Crippen molar-refractivity contribution in [1.29, 1.82) is 0 Å². The summed E-state index contributed by atoms with van der Waals surface area (Å²) in [4.78, 5) is 22.3. The summed E-state index contributed by atoms with van der Waals surface area (Å²) in [5, 5.41) is 23.4. The Hall–Kier alpha value is -3.92. The Bertz CT molecular complexity index is 1300. The third-order valence-electron chi connectivity index (χ3n) is 5.68. The zero-order chi connectivity index (χ0) is 23.6. The molecule has 1 saturated carbocycles. The summed E-state index contributed by atoms with van der Waals surface area (Å²) in [5.74, 6) is -0.893. The maximum Gasteiger partial charge on any atom is 0.312 e. The van der Waals surface area contributed by atoms with E-state index in [2.05, 4.69) is 22.2 Å². The molecule has 3 aromatic carbocycles. The SMILES string of the molecule is O=C(NCC1(c2ccccc2)CC1)c1ccc(NS(=O)(=O)c2ccc(O)c([N+](=O)[O-])c2)cc1. The second-order valence-electron chi connectivity index (χ2n) is 7.92. The number of nitrogens with one attached hydrogen (secondary N) is 2. The molecule has 1 amide bonds. The van der Waals surface area contributed by atoms with E-state index in [9.17, 15) is 28.4 Å². The van der Waals surface area contributed by atoms with Crippen molar-refractivity contribution in [3.05, 3.63) is 94.0 Å². The molecule has 3 aromatic rings. The highest BCUT2D eigenvalue weighted by molar-refractivity contribution is 7.92. The van der Waals surface area contributed by atoms with Crippen molar-refractivity contribution in [1.82, 2.24) is 5.32 Å². The maximum absolute atomic E-state index is 12.6. The highest BCUT2D eigenvalue weighted by Gasteiger charge is 2.44.